The zero-order valence-electron chi connectivity index (χ0n) is 14.3. The minimum absolute atomic E-state index is 0.554. The van der Waals surface area contributed by atoms with Gasteiger partial charge in [-0.1, -0.05) is 18.2 Å². The Labute approximate surface area is 139 Å². The first-order valence-electron chi connectivity index (χ1n) is 9.12. The lowest BCUT2D eigenvalue weighted by Crippen LogP contribution is -2.07. The maximum absolute atomic E-state index is 11.0. The first-order chi connectivity index (χ1) is 11.1. The van der Waals surface area contributed by atoms with E-state index >= 15 is 0 Å². The predicted octanol–water partition coefficient (Wildman–Crippen LogP) is 5.43. The highest BCUT2D eigenvalue weighted by Crippen LogP contribution is 2.42. The van der Waals surface area contributed by atoms with Crippen molar-refractivity contribution in [3.8, 4) is 16.9 Å². The zero-order chi connectivity index (χ0) is 16.0. The number of hydrogen-bond acceptors (Lipinski definition) is 1. The highest BCUT2D eigenvalue weighted by Gasteiger charge is 2.21. The summed E-state index contributed by atoms with van der Waals surface area (Å²) in [5.41, 5.74) is 10.4. The van der Waals surface area contributed by atoms with Crippen LogP contribution in [-0.2, 0) is 25.7 Å². The Hall–Kier alpha value is -1.76. The Kier molecular flexibility index (Phi) is 3.67. The summed E-state index contributed by atoms with van der Waals surface area (Å²) < 4.78 is 0. The van der Waals surface area contributed by atoms with Crippen LogP contribution in [0.25, 0.3) is 11.1 Å². The smallest absolute Gasteiger partial charge is 0.127 e. The van der Waals surface area contributed by atoms with Crippen LogP contribution >= 0.6 is 0 Å². The van der Waals surface area contributed by atoms with Crippen molar-refractivity contribution in [2.75, 3.05) is 0 Å². The Morgan fingerprint density at radius 2 is 1.26 bits per heavy atom. The molecule has 0 bridgehead atoms. The van der Waals surface area contributed by atoms with E-state index in [-0.39, 0.29) is 0 Å². The van der Waals surface area contributed by atoms with Gasteiger partial charge in [0.15, 0.2) is 0 Å². The maximum Gasteiger partial charge on any atom is 0.127 e. The first kappa shape index (κ1) is 14.8. The molecule has 0 saturated heterocycles. The van der Waals surface area contributed by atoms with Gasteiger partial charge < -0.3 is 5.11 Å². The molecule has 2 aromatic rings. The molecule has 2 aliphatic carbocycles. The van der Waals surface area contributed by atoms with E-state index in [1.54, 1.807) is 0 Å². The van der Waals surface area contributed by atoms with Gasteiger partial charge >= 0.3 is 0 Å². The molecule has 2 aromatic carbocycles. The molecule has 0 spiro atoms. The zero-order valence-corrected chi connectivity index (χ0v) is 14.3. The Balaban J connectivity index is 1.91. The topological polar surface area (TPSA) is 20.2 Å². The fourth-order valence-corrected chi connectivity index (χ4v) is 4.55. The highest BCUT2D eigenvalue weighted by atomic mass is 16.3. The number of phenols is 1. The number of aromatic hydroxyl groups is 1. The molecule has 23 heavy (non-hydrogen) atoms. The first-order valence-corrected chi connectivity index (χ1v) is 9.12. The van der Waals surface area contributed by atoms with Crippen LogP contribution in [0.5, 0.6) is 5.75 Å². The maximum atomic E-state index is 11.0. The van der Waals surface area contributed by atoms with E-state index in [0.717, 1.165) is 18.4 Å². The van der Waals surface area contributed by atoms with Crippen LogP contribution in [0, 0.1) is 13.8 Å². The Morgan fingerprint density at radius 3 is 2.00 bits per heavy atom. The molecule has 0 fully saturated rings. The van der Waals surface area contributed by atoms with Gasteiger partial charge in [0.2, 0.25) is 0 Å². The molecule has 0 atom stereocenters. The Bertz CT molecular complexity index is 770. The fraction of sp³-hybridized carbons (Fsp3) is 0.455. The summed E-state index contributed by atoms with van der Waals surface area (Å²) in [5, 5.41) is 11.0. The number of aryl methyl sites for hydroxylation is 5. The molecule has 0 unspecified atom stereocenters. The van der Waals surface area contributed by atoms with Crippen LogP contribution in [0.2, 0.25) is 0 Å². The average molecular weight is 306 g/mol. The molecule has 120 valence electrons. The third-order valence-corrected chi connectivity index (χ3v) is 5.78. The van der Waals surface area contributed by atoms with Crippen molar-refractivity contribution in [3.05, 3.63) is 51.6 Å². The van der Waals surface area contributed by atoms with Crippen molar-refractivity contribution < 1.29 is 5.11 Å². The predicted molar refractivity (Wildman–Crippen MR) is 96.3 cm³/mol. The van der Waals surface area contributed by atoms with Crippen LogP contribution in [0.3, 0.4) is 0 Å². The molecule has 4 rings (SSSR count). The second kappa shape index (κ2) is 5.70. The van der Waals surface area contributed by atoms with Crippen LogP contribution in [0.4, 0.5) is 0 Å². The Morgan fingerprint density at radius 1 is 0.696 bits per heavy atom. The number of fused-ring (bicyclic) bond motifs is 2. The minimum atomic E-state index is 0.554. The average Bonchev–Trinajstić information content (AvgIpc) is 2.55. The van der Waals surface area contributed by atoms with Gasteiger partial charge in [-0.3, -0.25) is 0 Å². The molecule has 1 heteroatoms. The fourth-order valence-electron chi connectivity index (χ4n) is 4.55. The van der Waals surface area contributed by atoms with Crippen molar-refractivity contribution in [1.29, 1.82) is 0 Å². The summed E-state index contributed by atoms with van der Waals surface area (Å²) in [6, 6.07) is 7.05. The number of hydrogen-bond donors (Lipinski definition) is 1. The standard InChI is InChI=1S/C22H26O/c1-14-11-16-7-3-4-8-17(16)13-20(14)21-15(2)12-18-9-5-6-10-19(18)22(21)23/h11-13,23H,3-10H2,1-2H3. The van der Waals surface area contributed by atoms with Gasteiger partial charge in [0, 0.05) is 5.56 Å². The lowest BCUT2D eigenvalue weighted by molar-refractivity contribution is 0.463. The van der Waals surface area contributed by atoms with E-state index in [0.29, 0.717) is 5.75 Å². The lowest BCUT2D eigenvalue weighted by atomic mass is 9.82. The van der Waals surface area contributed by atoms with E-state index in [1.807, 2.05) is 0 Å². The van der Waals surface area contributed by atoms with E-state index in [9.17, 15) is 5.11 Å². The summed E-state index contributed by atoms with van der Waals surface area (Å²) in [5.74, 6) is 0.554. The van der Waals surface area contributed by atoms with E-state index in [4.69, 9.17) is 0 Å². The molecule has 0 aliphatic heterocycles. The number of benzene rings is 2. The molecule has 0 amide bonds. The minimum Gasteiger partial charge on any atom is -0.507 e. The van der Waals surface area contributed by atoms with Crippen LogP contribution in [0.15, 0.2) is 18.2 Å². The largest absolute Gasteiger partial charge is 0.507 e. The van der Waals surface area contributed by atoms with E-state index in [2.05, 4.69) is 32.0 Å². The third-order valence-electron chi connectivity index (χ3n) is 5.78. The molecule has 2 aliphatic rings. The van der Waals surface area contributed by atoms with Crippen molar-refractivity contribution in [1.82, 2.24) is 0 Å². The SMILES string of the molecule is Cc1cc2c(cc1-c1c(C)cc3c(c1O)CCCC3)CCCC2. The summed E-state index contributed by atoms with van der Waals surface area (Å²) in [6.07, 6.45) is 9.61. The van der Waals surface area contributed by atoms with Gasteiger partial charge in [0.05, 0.1) is 0 Å². The van der Waals surface area contributed by atoms with E-state index < -0.39 is 0 Å². The van der Waals surface area contributed by atoms with Gasteiger partial charge in [-0.25, -0.2) is 0 Å². The van der Waals surface area contributed by atoms with Crippen molar-refractivity contribution >= 4 is 0 Å². The van der Waals surface area contributed by atoms with E-state index in [1.165, 1.54) is 77.5 Å². The molecule has 0 radical (unpaired) electrons. The lowest BCUT2D eigenvalue weighted by Gasteiger charge is -2.24. The second-order valence-corrected chi connectivity index (χ2v) is 7.40. The molecular formula is C22H26O. The van der Waals surface area contributed by atoms with Gasteiger partial charge in [0.1, 0.15) is 5.75 Å². The number of phenolic OH excluding ortho intramolecular Hbond substituents is 1. The molecule has 1 N–H and O–H groups in total. The summed E-state index contributed by atoms with van der Waals surface area (Å²) in [7, 11) is 0. The van der Waals surface area contributed by atoms with Crippen LogP contribution in [-0.4, -0.2) is 5.11 Å². The summed E-state index contributed by atoms with van der Waals surface area (Å²) in [4.78, 5) is 0. The van der Waals surface area contributed by atoms with Gasteiger partial charge in [-0.2, -0.15) is 0 Å². The van der Waals surface area contributed by atoms with Gasteiger partial charge in [0.25, 0.3) is 0 Å². The molecule has 1 nitrogen and oxygen atoms in total. The monoisotopic (exact) mass is 306 g/mol. The molecule has 0 saturated carbocycles. The van der Waals surface area contributed by atoms with Crippen LogP contribution < -0.4 is 0 Å². The molecule has 0 heterocycles. The summed E-state index contributed by atoms with van der Waals surface area (Å²) in [6.45, 7) is 4.35. The van der Waals surface area contributed by atoms with Gasteiger partial charge in [-0.05, 0) is 104 Å². The van der Waals surface area contributed by atoms with Gasteiger partial charge in [-0.15, -0.1) is 0 Å². The van der Waals surface area contributed by atoms with Crippen molar-refractivity contribution in [2.45, 2.75) is 65.2 Å². The molecular weight excluding hydrogens is 280 g/mol. The van der Waals surface area contributed by atoms with Crippen LogP contribution in [0.1, 0.15) is 59.1 Å². The van der Waals surface area contributed by atoms with Crippen molar-refractivity contribution in [2.24, 2.45) is 0 Å². The quantitative estimate of drug-likeness (QED) is 0.744. The highest BCUT2D eigenvalue weighted by molar-refractivity contribution is 5.79. The number of rotatable bonds is 1. The third kappa shape index (κ3) is 2.47. The summed E-state index contributed by atoms with van der Waals surface area (Å²) >= 11 is 0. The van der Waals surface area contributed by atoms with Crippen molar-refractivity contribution in [3.63, 3.8) is 0 Å². The molecule has 0 aromatic heterocycles. The normalized spacial score (nSPS) is 16.8. The second-order valence-electron chi connectivity index (χ2n) is 7.40.